The van der Waals surface area contributed by atoms with Gasteiger partial charge in [0, 0.05) is 0 Å². The molecule has 0 amide bonds. The maximum atomic E-state index is 11.7. The largest absolute Gasteiger partial charge is 0.478 e. The Bertz CT molecular complexity index is 844. The number of carbonyl (C=O) groups excluding carboxylic acids is 2. The molecule has 3 rings (SSSR count). The predicted molar refractivity (Wildman–Crippen MR) is 71.7 cm³/mol. The van der Waals surface area contributed by atoms with E-state index in [1.165, 1.54) is 6.92 Å². The van der Waals surface area contributed by atoms with Gasteiger partial charge in [-0.15, -0.1) is 0 Å². The highest BCUT2D eigenvalue weighted by Crippen LogP contribution is 2.51. The Morgan fingerprint density at radius 3 is 2.65 bits per heavy atom. The molecule has 1 unspecified atom stereocenters. The van der Waals surface area contributed by atoms with Gasteiger partial charge in [-0.2, -0.15) is 0 Å². The fourth-order valence-electron chi connectivity index (χ4n) is 2.12. The highest BCUT2D eigenvalue weighted by molar-refractivity contribution is 6.20. The lowest BCUT2D eigenvalue weighted by atomic mass is 10.1. The van der Waals surface area contributed by atoms with E-state index in [4.69, 9.17) is 23.7 Å². The van der Waals surface area contributed by atoms with Crippen LogP contribution in [0.3, 0.4) is 0 Å². The minimum Gasteiger partial charge on any atom is -0.478 e. The highest BCUT2D eigenvalue weighted by atomic mass is 16.6. The van der Waals surface area contributed by atoms with Crippen LogP contribution in [0.4, 0.5) is 0 Å². The first kappa shape index (κ1) is 15.0. The second kappa shape index (κ2) is 5.07. The Kier molecular flexibility index (Phi) is 3.31. The molecule has 3 heterocycles. The van der Waals surface area contributed by atoms with E-state index < -0.39 is 36.4 Å². The van der Waals surface area contributed by atoms with Gasteiger partial charge in [0.2, 0.25) is 11.5 Å². The van der Waals surface area contributed by atoms with Gasteiger partial charge in [-0.1, -0.05) is 6.58 Å². The van der Waals surface area contributed by atoms with Gasteiger partial charge in [0.1, 0.15) is 17.7 Å². The average molecular weight is 322 g/mol. The van der Waals surface area contributed by atoms with Crippen LogP contribution in [-0.4, -0.2) is 41.0 Å². The third kappa shape index (κ3) is 2.22. The minimum atomic E-state index is -1.41. The molecule has 0 saturated heterocycles. The van der Waals surface area contributed by atoms with E-state index in [2.05, 4.69) is 6.58 Å². The number of ether oxygens (including phenoxy) is 3. The molecule has 1 aliphatic heterocycles. The van der Waals surface area contributed by atoms with Crippen LogP contribution in [0.2, 0.25) is 0 Å². The van der Waals surface area contributed by atoms with Crippen molar-refractivity contribution in [1.29, 1.82) is 0 Å². The SMILES string of the molecule is C=C(C)C(O)OCC(=O)Oc1c2c3oc1c(C(=O)O)c3C(=O)O2. The maximum absolute atomic E-state index is 11.7. The van der Waals surface area contributed by atoms with Gasteiger partial charge in [0.05, 0.1) is 0 Å². The molecule has 9 nitrogen and oxygen atoms in total. The van der Waals surface area contributed by atoms with Crippen LogP contribution >= 0.6 is 0 Å². The first-order valence-electron chi connectivity index (χ1n) is 6.34. The molecule has 1 atom stereocenters. The van der Waals surface area contributed by atoms with Gasteiger partial charge in [0.15, 0.2) is 17.5 Å². The number of carboxylic acids is 1. The standard InChI is InChI=1S/C14H10O9/c1-4(2)13(18)20-3-5(15)21-10-8-6(12(16)17)7-9(22-8)11(10)23-14(7)19/h13,18H,1,3H2,2H3,(H,16,17). The van der Waals surface area contributed by atoms with Crippen LogP contribution in [0, 0.1) is 0 Å². The molecule has 0 aliphatic carbocycles. The molecule has 1 aliphatic rings. The number of benzene rings is 1. The van der Waals surface area contributed by atoms with Crippen LogP contribution in [-0.2, 0) is 9.53 Å². The van der Waals surface area contributed by atoms with Gasteiger partial charge in [0.25, 0.3) is 0 Å². The smallest absolute Gasteiger partial charge is 0.348 e. The molecule has 0 saturated carbocycles. The molecule has 2 aromatic heterocycles. The van der Waals surface area contributed by atoms with Crippen LogP contribution in [0.1, 0.15) is 27.6 Å². The summed E-state index contributed by atoms with van der Waals surface area (Å²) in [5.74, 6) is -3.68. The van der Waals surface area contributed by atoms with Crippen molar-refractivity contribution in [1.82, 2.24) is 0 Å². The number of aliphatic hydroxyl groups excluding tert-OH is 1. The number of carboxylic acid groups (broad SMARTS) is 1. The Hall–Kier alpha value is -2.91. The summed E-state index contributed by atoms with van der Waals surface area (Å²) in [7, 11) is 0. The van der Waals surface area contributed by atoms with Crippen molar-refractivity contribution >= 4 is 29.1 Å². The number of hydrogen-bond donors (Lipinski definition) is 2. The summed E-state index contributed by atoms with van der Waals surface area (Å²) in [4.78, 5) is 34.6. The third-order valence-corrected chi connectivity index (χ3v) is 3.14. The quantitative estimate of drug-likeness (QED) is 0.344. The summed E-state index contributed by atoms with van der Waals surface area (Å²) >= 11 is 0. The highest BCUT2D eigenvalue weighted by Gasteiger charge is 2.43. The lowest BCUT2D eigenvalue weighted by Crippen LogP contribution is -2.22. The molecule has 2 N–H and O–H groups in total. The summed E-state index contributed by atoms with van der Waals surface area (Å²) in [6.45, 7) is 4.32. The average Bonchev–Trinajstić information content (AvgIpc) is 3.07. The van der Waals surface area contributed by atoms with Crippen LogP contribution in [0.5, 0.6) is 11.5 Å². The number of carbonyl (C=O) groups is 3. The van der Waals surface area contributed by atoms with E-state index in [0.717, 1.165) is 0 Å². The number of esters is 2. The van der Waals surface area contributed by atoms with Crippen molar-refractivity contribution in [2.45, 2.75) is 13.2 Å². The van der Waals surface area contributed by atoms with Gasteiger partial charge in [-0.05, 0) is 12.5 Å². The monoisotopic (exact) mass is 322 g/mol. The lowest BCUT2D eigenvalue weighted by Gasteiger charge is -2.10. The van der Waals surface area contributed by atoms with Crippen molar-refractivity contribution in [2.24, 2.45) is 0 Å². The molecule has 0 spiro atoms. The minimum absolute atomic E-state index is 0.0758. The number of aliphatic hydroxyl groups is 1. The molecule has 2 aromatic rings. The summed E-state index contributed by atoms with van der Waals surface area (Å²) in [6, 6.07) is 0. The van der Waals surface area contributed by atoms with Crippen LogP contribution in [0.25, 0.3) is 11.2 Å². The maximum Gasteiger partial charge on any atom is 0.348 e. The first-order chi connectivity index (χ1) is 10.8. The number of rotatable bonds is 6. The van der Waals surface area contributed by atoms with E-state index in [9.17, 15) is 19.5 Å². The number of hydrogen-bond acceptors (Lipinski definition) is 8. The molecule has 2 bridgehead atoms. The lowest BCUT2D eigenvalue weighted by molar-refractivity contribution is -0.149. The molecular weight excluding hydrogens is 312 g/mol. The molecular formula is C14H10O9. The van der Waals surface area contributed by atoms with Crippen molar-refractivity contribution in [3.63, 3.8) is 0 Å². The number of fused-ring (bicyclic) bond motifs is 1. The molecule has 120 valence electrons. The summed E-state index contributed by atoms with van der Waals surface area (Å²) < 4.78 is 19.8. The molecule has 23 heavy (non-hydrogen) atoms. The topological polar surface area (TPSA) is 132 Å². The molecule has 0 fully saturated rings. The predicted octanol–water partition coefficient (Wildman–Crippen LogP) is 0.918. The Morgan fingerprint density at radius 1 is 1.35 bits per heavy atom. The number of aromatic carboxylic acids is 1. The van der Waals surface area contributed by atoms with E-state index in [1.807, 2.05) is 0 Å². The Labute approximate surface area is 128 Å². The molecule has 0 aromatic carbocycles. The van der Waals surface area contributed by atoms with Crippen LogP contribution < -0.4 is 9.47 Å². The Morgan fingerprint density at radius 2 is 2.04 bits per heavy atom. The molecule has 9 heteroatoms. The summed E-state index contributed by atoms with van der Waals surface area (Å²) in [5, 5.41) is 18.5. The zero-order chi connectivity index (χ0) is 16.9. The second-order valence-electron chi connectivity index (χ2n) is 4.85. The summed E-state index contributed by atoms with van der Waals surface area (Å²) in [5.41, 5.74) is -0.670. The fraction of sp³-hybridized carbons (Fsp3) is 0.214. The zero-order valence-electron chi connectivity index (χ0n) is 11.7. The summed E-state index contributed by atoms with van der Waals surface area (Å²) in [6.07, 6.45) is -1.34. The van der Waals surface area contributed by atoms with Crippen molar-refractivity contribution in [3.8, 4) is 11.5 Å². The van der Waals surface area contributed by atoms with E-state index >= 15 is 0 Å². The van der Waals surface area contributed by atoms with E-state index in [-0.39, 0.29) is 28.2 Å². The van der Waals surface area contributed by atoms with Crippen molar-refractivity contribution in [2.75, 3.05) is 6.61 Å². The Balaban J connectivity index is 1.83. The zero-order valence-corrected chi connectivity index (χ0v) is 11.7. The second-order valence-corrected chi connectivity index (χ2v) is 4.85. The first-order valence-corrected chi connectivity index (χ1v) is 6.34. The van der Waals surface area contributed by atoms with Gasteiger partial charge >= 0.3 is 17.9 Å². The van der Waals surface area contributed by atoms with Gasteiger partial charge < -0.3 is 28.8 Å². The number of furan rings is 2. The van der Waals surface area contributed by atoms with E-state index in [1.54, 1.807) is 0 Å². The van der Waals surface area contributed by atoms with Crippen molar-refractivity contribution in [3.05, 3.63) is 23.3 Å². The van der Waals surface area contributed by atoms with E-state index in [0.29, 0.717) is 5.57 Å². The van der Waals surface area contributed by atoms with Crippen LogP contribution in [0.15, 0.2) is 16.6 Å². The van der Waals surface area contributed by atoms with Crippen molar-refractivity contribution < 1.29 is 43.2 Å². The third-order valence-electron chi connectivity index (χ3n) is 3.14. The van der Waals surface area contributed by atoms with Gasteiger partial charge in [-0.3, -0.25) is 0 Å². The fourth-order valence-corrected chi connectivity index (χ4v) is 2.12. The van der Waals surface area contributed by atoms with Gasteiger partial charge in [-0.25, -0.2) is 14.4 Å². The normalized spacial score (nSPS) is 14.1. The molecule has 0 radical (unpaired) electrons.